The Hall–Kier alpha value is -4.23. The molecule has 44 heavy (non-hydrogen) atoms. The quantitative estimate of drug-likeness (QED) is 0.212. The number of aliphatic imine (C=N–C) groups is 1. The third-order valence-electron chi connectivity index (χ3n) is 6.74. The van der Waals surface area contributed by atoms with Crippen molar-refractivity contribution in [3.8, 4) is 22.8 Å². The van der Waals surface area contributed by atoms with Crippen LogP contribution >= 0.6 is 24.0 Å². The Morgan fingerprint density at radius 3 is 2.52 bits per heavy atom. The summed E-state index contributed by atoms with van der Waals surface area (Å²) < 4.78 is 42.6. The van der Waals surface area contributed by atoms with E-state index in [0.717, 1.165) is 27.9 Å². The van der Waals surface area contributed by atoms with Gasteiger partial charge in [0.1, 0.15) is 12.1 Å². The maximum Gasteiger partial charge on any atom is 0.573 e. The lowest BCUT2D eigenvalue weighted by atomic mass is 9.99. The van der Waals surface area contributed by atoms with Crippen LogP contribution < -0.4 is 15.0 Å². The van der Waals surface area contributed by atoms with E-state index in [0.29, 0.717) is 40.5 Å². The normalized spacial score (nSPS) is 14.5. The van der Waals surface area contributed by atoms with E-state index in [1.54, 1.807) is 4.90 Å². The van der Waals surface area contributed by atoms with Crippen LogP contribution in [0.1, 0.15) is 36.5 Å². The van der Waals surface area contributed by atoms with Gasteiger partial charge in [-0.15, -0.1) is 18.3 Å². The van der Waals surface area contributed by atoms with Crippen molar-refractivity contribution in [2.24, 2.45) is 4.99 Å². The summed E-state index contributed by atoms with van der Waals surface area (Å²) >= 11 is 6.87. The molecule has 0 aliphatic carbocycles. The summed E-state index contributed by atoms with van der Waals surface area (Å²) in [7, 11) is 0. The molecule has 0 saturated carbocycles. The molecule has 1 saturated heterocycles. The molecule has 3 aromatic carbocycles. The Balaban J connectivity index is 1.17. The highest BCUT2D eigenvalue weighted by Gasteiger charge is 2.32. The van der Waals surface area contributed by atoms with Gasteiger partial charge in [-0.25, -0.2) is 9.67 Å². The minimum Gasteiger partial charge on any atom is -0.406 e. The van der Waals surface area contributed by atoms with Crippen LogP contribution in [0.25, 0.3) is 17.1 Å². The van der Waals surface area contributed by atoms with Crippen LogP contribution in [0.2, 0.25) is 0 Å². The summed E-state index contributed by atoms with van der Waals surface area (Å²) in [6.07, 6.45) is -2.57. The third-order valence-corrected chi connectivity index (χ3v) is 7.90. The summed E-state index contributed by atoms with van der Waals surface area (Å²) in [5.74, 6) is 0.712. The van der Waals surface area contributed by atoms with Crippen molar-refractivity contribution in [1.82, 2.24) is 20.1 Å². The number of nitrogens with zero attached hydrogens (tertiary/aromatic N) is 5. The molecule has 1 amide bonds. The van der Waals surface area contributed by atoms with E-state index in [1.807, 2.05) is 43.3 Å². The Morgan fingerprint density at radius 2 is 1.84 bits per heavy atom. The fourth-order valence-electron chi connectivity index (χ4n) is 4.60. The van der Waals surface area contributed by atoms with Gasteiger partial charge in [-0.1, -0.05) is 62.0 Å². The number of amides is 1. The number of thiocarbonyl (C=S) groups is 1. The van der Waals surface area contributed by atoms with Crippen LogP contribution in [-0.4, -0.2) is 49.6 Å². The Labute approximate surface area is 262 Å². The van der Waals surface area contributed by atoms with Crippen LogP contribution in [0.3, 0.4) is 0 Å². The number of nitrogens with one attached hydrogen (secondary N) is 1. The topological polar surface area (TPSA) is 84.6 Å². The number of carbonyl (C=O) groups is 1. The van der Waals surface area contributed by atoms with E-state index in [-0.39, 0.29) is 17.6 Å². The van der Waals surface area contributed by atoms with Crippen molar-refractivity contribution in [3.63, 3.8) is 0 Å². The molecule has 0 bridgehead atoms. The van der Waals surface area contributed by atoms with Crippen molar-refractivity contribution in [2.45, 2.75) is 39.5 Å². The van der Waals surface area contributed by atoms with E-state index < -0.39 is 6.36 Å². The number of rotatable bonds is 8. The molecule has 1 N–H and O–H groups in total. The number of ether oxygens (including phenoxy) is 1. The molecule has 13 heteroatoms. The molecule has 1 fully saturated rings. The van der Waals surface area contributed by atoms with Crippen LogP contribution in [-0.2, 0) is 11.2 Å². The first-order valence-corrected chi connectivity index (χ1v) is 15.2. The number of thioether (sulfide) groups is 1. The second-order valence-corrected chi connectivity index (χ2v) is 11.7. The maximum absolute atomic E-state index is 12.8. The lowest BCUT2D eigenvalue weighted by Gasteiger charge is -2.22. The van der Waals surface area contributed by atoms with E-state index in [1.165, 1.54) is 47.0 Å². The van der Waals surface area contributed by atoms with E-state index >= 15 is 0 Å². The predicted octanol–water partition coefficient (Wildman–Crippen LogP) is 6.82. The van der Waals surface area contributed by atoms with E-state index in [2.05, 4.69) is 45.0 Å². The first kappa shape index (κ1) is 31.2. The molecule has 228 valence electrons. The standard InChI is InChI=1S/C31H29F3N6O2S2/c1-19(2)25-13-4-20(3)16-26(25)40-27(41)17-44-30(40)37-29(43)35-15-14-21-5-7-22(8-6-21)28-36-18-39(38-28)23-9-11-24(12-10-23)42-31(32,33)34/h4-13,16,18-19H,14-15,17H2,1-3H3,(H,35,43)/b37-30-. The van der Waals surface area contributed by atoms with Crippen molar-refractivity contribution >= 4 is 45.9 Å². The average Bonchev–Trinajstić information content (AvgIpc) is 3.60. The van der Waals surface area contributed by atoms with Crippen molar-refractivity contribution in [1.29, 1.82) is 0 Å². The number of hydrogen-bond donors (Lipinski definition) is 1. The highest BCUT2D eigenvalue weighted by molar-refractivity contribution is 8.15. The van der Waals surface area contributed by atoms with Gasteiger partial charge in [-0.3, -0.25) is 9.69 Å². The number of aromatic nitrogens is 3. The monoisotopic (exact) mass is 638 g/mol. The van der Waals surface area contributed by atoms with Crippen molar-refractivity contribution in [3.05, 3.63) is 89.7 Å². The fourth-order valence-corrected chi connectivity index (χ4v) is 5.71. The number of anilines is 1. The molecule has 0 unspecified atom stereocenters. The van der Waals surface area contributed by atoms with E-state index in [4.69, 9.17) is 12.2 Å². The van der Waals surface area contributed by atoms with Gasteiger partial charge in [-0.05, 0) is 78.5 Å². The molecule has 2 heterocycles. The van der Waals surface area contributed by atoms with Gasteiger partial charge in [0, 0.05) is 12.1 Å². The van der Waals surface area contributed by atoms with Gasteiger partial charge in [0.25, 0.3) is 0 Å². The minimum atomic E-state index is -4.75. The SMILES string of the molecule is Cc1ccc(C(C)C)c(N2C(=O)CS/C2=N\C(=S)NCCc2ccc(-c3ncn(-c4ccc(OC(F)(F)F)cc4)n3)cc2)c1. The summed E-state index contributed by atoms with van der Waals surface area (Å²) in [5, 5.41) is 8.50. The molecule has 5 rings (SSSR count). The first-order valence-electron chi connectivity index (χ1n) is 13.8. The number of amidine groups is 1. The largest absolute Gasteiger partial charge is 0.573 e. The summed E-state index contributed by atoms with van der Waals surface area (Å²) in [5.41, 5.74) is 5.39. The highest BCUT2D eigenvalue weighted by Crippen LogP contribution is 2.34. The Kier molecular flexibility index (Phi) is 9.35. The summed E-state index contributed by atoms with van der Waals surface area (Å²) in [6.45, 7) is 6.76. The van der Waals surface area contributed by atoms with Crippen molar-refractivity contribution in [2.75, 3.05) is 17.2 Å². The second-order valence-electron chi connectivity index (χ2n) is 10.4. The average molecular weight is 639 g/mol. The maximum atomic E-state index is 12.8. The molecule has 0 atom stereocenters. The lowest BCUT2D eigenvalue weighted by Crippen LogP contribution is -2.32. The van der Waals surface area contributed by atoms with Gasteiger partial charge in [-0.2, -0.15) is 4.99 Å². The molecule has 1 aliphatic heterocycles. The van der Waals surface area contributed by atoms with Crippen LogP contribution in [0, 0.1) is 6.92 Å². The molecule has 4 aromatic rings. The predicted molar refractivity (Wildman–Crippen MR) is 170 cm³/mol. The van der Waals surface area contributed by atoms with Gasteiger partial charge >= 0.3 is 6.36 Å². The summed E-state index contributed by atoms with van der Waals surface area (Å²) in [6, 6.07) is 19.2. The Bertz CT molecular complexity index is 1690. The van der Waals surface area contributed by atoms with Crippen LogP contribution in [0.5, 0.6) is 5.75 Å². The number of carbonyl (C=O) groups excluding carboxylic acids is 1. The zero-order chi connectivity index (χ0) is 31.4. The number of benzene rings is 3. The molecule has 1 aliphatic rings. The fraction of sp³-hybridized carbons (Fsp3) is 0.258. The number of alkyl halides is 3. The van der Waals surface area contributed by atoms with Gasteiger partial charge in [0.15, 0.2) is 16.1 Å². The smallest absolute Gasteiger partial charge is 0.406 e. The van der Waals surface area contributed by atoms with Gasteiger partial charge < -0.3 is 10.1 Å². The van der Waals surface area contributed by atoms with E-state index in [9.17, 15) is 18.0 Å². The highest BCUT2D eigenvalue weighted by atomic mass is 32.2. The molecular formula is C31H29F3N6O2S2. The molecule has 0 radical (unpaired) electrons. The molecular weight excluding hydrogens is 610 g/mol. The molecule has 1 aromatic heterocycles. The third kappa shape index (κ3) is 7.64. The molecule has 0 spiro atoms. The van der Waals surface area contributed by atoms with Crippen molar-refractivity contribution < 1.29 is 22.7 Å². The van der Waals surface area contributed by atoms with Crippen LogP contribution in [0.4, 0.5) is 18.9 Å². The molecule has 8 nitrogen and oxygen atoms in total. The zero-order valence-electron chi connectivity index (χ0n) is 24.1. The lowest BCUT2D eigenvalue weighted by molar-refractivity contribution is -0.274. The second kappa shape index (κ2) is 13.2. The zero-order valence-corrected chi connectivity index (χ0v) is 25.8. The van der Waals surface area contributed by atoms with Gasteiger partial charge in [0.05, 0.1) is 17.1 Å². The van der Waals surface area contributed by atoms with Crippen LogP contribution in [0.15, 0.2) is 78.0 Å². The minimum absolute atomic E-state index is 0.0168. The number of hydrogen-bond acceptors (Lipinski definition) is 6. The number of aryl methyl sites for hydroxylation is 1. The first-order chi connectivity index (χ1) is 21.0. The van der Waals surface area contributed by atoms with Gasteiger partial charge in [0.2, 0.25) is 5.91 Å². The number of halogens is 3. The Morgan fingerprint density at radius 1 is 1.11 bits per heavy atom. The summed E-state index contributed by atoms with van der Waals surface area (Å²) in [4.78, 5) is 23.4.